The van der Waals surface area contributed by atoms with E-state index in [1.54, 1.807) is 0 Å². The third-order valence-electron chi connectivity index (χ3n) is 2.15. The van der Waals surface area contributed by atoms with Gasteiger partial charge in [-0.2, -0.15) is 0 Å². The van der Waals surface area contributed by atoms with Crippen LogP contribution in [0.1, 0.15) is 36.6 Å². The van der Waals surface area contributed by atoms with Gasteiger partial charge in [0.1, 0.15) is 11.5 Å². The van der Waals surface area contributed by atoms with Crippen LogP contribution in [-0.2, 0) is 6.42 Å². The molecular weight excluding hydrogens is 194 g/mol. The van der Waals surface area contributed by atoms with Gasteiger partial charge in [-0.1, -0.05) is 6.92 Å². The van der Waals surface area contributed by atoms with Crippen LogP contribution in [-0.4, -0.2) is 33.6 Å². The highest BCUT2D eigenvalue weighted by Crippen LogP contribution is 1.99. The summed E-state index contributed by atoms with van der Waals surface area (Å²) in [6, 6.07) is -0.0316. The summed E-state index contributed by atoms with van der Waals surface area (Å²) >= 11 is 0. The van der Waals surface area contributed by atoms with Crippen molar-refractivity contribution in [3.63, 3.8) is 0 Å². The smallest absolute Gasteiger partial charge is 0.269 e. The van der Waals surface area contributed by atoms with E-state index in [0.717, 1.165) is 12.2 Å². The van der Waals surface area contributed by atoms with Gasteiger partial charge in [-0.25, -0.2) is 4.98 Å². The minimum absolute atomic E-state index is 0.0316. The second-order valence-corrected chi connectivity index (χ2v) is 3.48. The molecule has 0 saturated heterocycles. The van der Waals surface area contributed by atoms with Gasteiger partial charge in [-0.15, -0.1) is 0 Å². The molecule has 1 rings (SSSR count). The number of nitrogens with one attached hydrogen (secondary N) is 2. The fraction of sp³-hybridized carbons (Fsp3) is 0.600. The Morgan fingerprint density at radius 2 is 2.47 bits per heavy atom. The van der Waals surface area contributed by atoms with Gasteiger partial charge in [0.25, 0.3) is 5.91 Å². The average Bonchev–Trinajstić information content (AvgIpc) is 2.66. The molecule has 5 heteroatoms. The minimum atomic E-state index is -0.178. The molecule has 0 aromatic carbocycles. The van der Waals surface area contributed by atoms with Crippen molar-refractivity contribution in [2.24, 2.45) is 0 Å². The summed E-state index contributed by atoms with van der Waals surface area (Å²) in [6.45, 7) is 3.89. The Hall–Kier alpha value is -1.36. The number of amides is 1. The fourth-order valence-corrected chi connectivity index (χ4v) is 1.22. The van der Waals surface area contributed by atoms with Crippen molar-refractivity contribution in [1.29, 1.82) is 0 Å². The first-order valence-corrected chi connectivity index (χ1v) is 5.13. The molecule has 0 fully saturated rings. The van der Waals surface area contributed by atoms with Crippen molar-refractivity contribution in [2.75, 3.05) is 6.61 Å². The van der Waals surface area contributed by atoms with Crippen LogP contribution in [0.25, 0.3) is 0 Å². The monoisotopic (exact) mass is 211 g/mol. The number of aliphatic hydroxyl groups excluding tert-OH is 1. The van der Waals surface area contributed by atoms with E-state index in [2.05, 4.69) is 15.3 Å². The number of H-pyrrole nitrogens is 1. The number of aryl methyl sites for hydroxylation is 1. The van der Waals surface area contributed by atoms with Crippen molar-refractivity contribution in [2.45, 2.75) is 32.7 Å². The van der Waals surface area contributed by atoms with E-state index in [4.69, 9.17) is 5.11 Å². The van der Waals surface area contributed by atoms with Crippen molar-refractivity contribution < 1.29 is 9.90 Å². The van der Waals surface area contributed by atoms with Crippen LogP contribution in [0.15, 0.2) is 6.20 Å². The zero-order valence-corrected chi connectivity index (χ0v) is 9.08. The number of carbonyl (C=O) groups is 1. The number of rotatable bonds is 5. The largest absolute Gasteiger partial charge is 0.396 e. The Labute approximate surface area is 88.9 Å². The molecular formula is C10H17N3O2. The number of aromatic nitrogens is 2. The van der Waals surface area contributed by atoms with E-state index in [0.29, 0.717) is 12.1 Å². The van der Waals surface area contributed by atoms with Crippen LogP contribution in [0, 0.1) is 0 Å². The van der Waals surface area contributed by atoms with Crippen molar-refractivity contribution in [3.05, 3.63) is 17.7 Å². The van der Waals surface area contributed by atoms with E-state index >= 15 is 0 Å². The Bertz CT molecular complexity index is 322. The molecule has 1 atom stereocenters. The van der Waals surface area contributed by atoms with Crippen molar-refractivity contribution >= 4 is 5.91 Å². The average molecular weight is 211 g/mol. The molecule has 0 radical (unpaired) electrons. The van der Waals surface area contributed by atoms with Gasteiger partial charge in [-0.3, -0.25) is 4.79 Å². The summed E-state index contributed by atoms with van der Waals surface area (Å²) in [7, 11) is 0. The number of carbonyl (C=O) groups excluding carboxylic acids is 1. The van der Waals surface area contributed by atoms with E-state index in [1.807, 2.05) is 13.8 Å². The summed E-state index contributed by atoms with van der Waals surface area (Å²) in [5.41, 5.74) is 0.469. The van der Waals surface area contributed by atoms with E-state index in [9.17, 15) is 4.79 Å². The number of aromatic amines is 1. The maximum Gasteiger partial charge on any atom is 0.269 e. The molecule has 5 nitrogen and oxygen atoms in total. The second-order valence-electron chi connectivity index (χ2n) is 3.48. The van der Waals surface area contributed by atoms with Crippen LogP contribution in [0.3, 0.4) is 0 Å². The molecule has 0 aliphatic heterocycles. The number of hydrogen-bond donors (Lipinski definition) is 3. The first-order valence-electron chi connectivity index (χ1n) is 5.13. The first-order chi connectivity index (χ1) is 7.17. The first kappa shape index (κ1) is 11.7. The van der Waals surface area contributed by atoms with Gasteiger partial charge >= 0.3 is 0 Å². The predicted molar refractivity (Wildman–Crippen MR) is 56.6 cm³/mol. The van der Waals surface area contributed by atoms with Gasteiger partial charge in [0.15, 0.2) is 0 Å². The van der Waals surface area contributed by atoms with Gasteiger partial charge < -0.3 is 15.4 Å². The lowest BCUT2D eigenvalue weighted by Crippen LogP contribution is -2.33. The molecule has 1 aromatic rings. The van der Waals surface area contributed by atoms with Crippen LogP contribution in [0.5, 0.6) is 0 Å². The maximum atomic E-state index is 11.6. The summed E-state index contributed by atoms with van der Waals surface area (Å²) in [4.78, 5) is 18.6. The van der Waals surface area contributed by atoms with Crippen molar-refractivity contribution in [1.82, 2.24) is 15.3 Å². The Morgan fingerprint density at radius 3 is 3.00 bits per heavy atom. The summed E-state index contributed by atoms with van der Waals surface area (Å²) in [6.07, 6.45) is 2.86. The molecule has 1 unspecified atom stereocenters. The maximum absolute atomic E-state index is 11.6. The lowest BCUT2D eigenvalue weighted by atomic mass is 10.2. The number of aliphatic hydroxyl groups is 1. The molecule has 15 heavy (non-hydrogen) atoms. The quantitative estimate of drug-likeness (QED) is 0.662. The molecule has 1 amide bonds. The number of imidazole rings is 1. The standard InChI is InChI=1S/C10H17N3O2/c1-3-9-11-6-8(13-9)10(15)12-7(2)4-5-14/h6-7,14H,3-5H2,1-2H3,(H,11,13)(H,12,15). The highest BCUT2D eigenvalue weighted by Gasteiger charge is 2.11. The summed E-state index contributed by atoms with van der Waals surface area (Å²) in [5, 5.41) is 11.5. The zero-order chi connectivity index (χ0) is 11.3. The van der Waals surface area contributed by atoms with Crippen LogP contribution in [0.2, 0.25) is 0 Å². The predicted octanol–water partition coefficient (Wildman–Crippen LogP) is 0.473. The highest BCUT2D eigenvalue weighted by molar-refractivity contribution is 5.92. The molecule has 0 saturated carbocycles. The van der Waals surface area contributed by atoms with Crippen molar-refractivity contribution in [3.8, 4) is 0 Å². The van der Waals surface area contributed by atoms with Crippen LogP contribution in [0.4, 0.5) is 0 Å². The fourth-order valence-electron chi connectivity index (χ4n) is 1.22. The second kappa shape index (κ2) is 5.50. The van der Waals surface area contributed by atoms with E-state index < -0.39 is 0 Å². The molecule has 0 bridgehead atoms. The Morgan fingerprint density at radius 1 is 1.73 bits per heavy atom. The Balaban J connectivity index is 2.53. The van der Waals surface area contributed by atoms with Gasteiger partial charge in [0.2, 0.25) is 0 Å². The molecule has 0 aliphatic carbocycles. The topological polar surface area (TPSA) is 78.0 Å². The van der Waals surface area contributed by atoms with E-state index in [1.165, 1.54) is 6.20 Å². The normalized spacial score (nSPS) is 12.5. The lowest BCUT2D eigenvalue weighted by molar-refractivity contribution is 0.0929. The van der Waals surface area contributed by atoms with Gasteiger partial charge in [0, 0.05) is 19.1 Å². The Kier molecular flexibility index (Phi) is 4.30. The molecule has 84 valence electrons. The van der Waals surface area contributed by atoms with Crippen LogP contribution < -0.4 is 5.32 Å². The molecule has 0 spiro atoms. The van der Waals surface area contributed by atoms with Gasteiger partial charge in [0.05, 0.1) is 6.20 Å². The molecule has 0 aliphatic rings. The summed E-state index contributed by atoms with van der Waals surface area (Å²) < 4.78 is 0. The molecule has 1 heterocycles. The third-order valence-corrected chi connectivity index (χ3v) is 2.15. The SMILES string of the molecule is CCc1ncc(C(=O)NC(C)CCO)[nH]1. The highest BCUT2D eigenvalue weighted by atomic mass is 16.3. The van der Waals surface area contributed by atoms with Gasteiger partial charge in [-0.05, 0) is 13.3 Å². The third kappa shape index (κ3) is 3.36. The molecule has 1 aromatic heterocycles. The van der Waals surface area contributed by atoms with E-state index in [-0.39, 0.29) is 18.6 Å². The molecule has 3 N–H and O–H groups in total. The van der Waals surface area contributed by atoms with Crippen LogP contribution >= 0.6 is 0 Å². The number of hydrogen-bond acceptors (Lipinski definition) is 3. The lowest BCUT2D eigenvalue weighted by Gasteiger charge is -2.10. The number of nitrogens with zero attached hydrogens (tertiary/aromatic N) is 1. The minimum Gasteiger partial charge on any atom is -0.396 e. The zero-order valence-electron chi connectivity index (χ0n) is 9.08. The summed E-state index contributed by atoms with van der Waals surface area (Å²) in [5.74, 6) is 0.623.